The maximum absolute atomic E-state index is 13.6. The van der Waals surface area contributed by atoms with E-state index in [1.165, 1.54) is 6.07 Å². The summed E-state index contributed by atoms with van der Waals surface area (Å²) in [5.74, 6) is 5.35. The summed E-state index contributed by atoms with van der Waals surface area (Å²) in [6, 6.07) is 10.3. The lowest BCUT2D eigenvalue weighted by Gasteiger charge is -2.18. The van der Waals surface area contributed by atoms with Gasteiger partial charge in [-0.05, 0) is 57.7 Å². The molecule has 5 heteroatoms. The zero-order valence-corrected chi connectivity index (χ0v) is 12.6. The van der Waals surface area contributed by atoms with Gasteiger partial charge < -0.3 is 0 Å². The molecule has 0 aliphatic carbocycles. The Morgan fingerprint density at radius 2 is 1.84 bits per heavy atom. The van der Waals surface area contributed by atoms with Crippen LogP contribution in [0.3, 0.4) is 0 Å². The molecule has 0 bridgehead atoms. The van der Waals surface area contributed by atoms with Gasteiger partial charge in [-0.15, -0.1) is 0 Å². The second-order valence-corrected chi connectivity index (χ2v) is 5.54. The van der Waals surface area contributed by atoms with Crippen LogP contribution in [0.5, 0.6) is 0 Å². The minimum absolute atomic E-state index is 0.245. The summed E-state index contributed by atoms with van der Waals surface area (Å²) in [5.41, 5.74) is 4.97. The number of aryl methyl sites for hydroxylation is 1. The van der Waals surface area contributed by atoms with E-state index in [2.05, 4.69) is 21.4 Å². The number of rotatable bonds is 3. The van der Waals surface area contributed by atoms with E-state index in [9.17, 15) is 4.39 Å². The molecule has 3 N–H and O–H groups in total. The minimum Gasteiger partial charge on any atom is -0.271 e. The van der Waals surface area contributed by atoms with Crippen molar-refractivity contribution in [2.75, 3.05) is 0 Å². The molecule has 0 fully saturated rings. The molecular weight excluding hydrogens is 331 g/mol. The molecule has 0 amide bonds. The van der Waals surface area contributed by atoms with Gasteiger partial charge in [-0.1, -0.05) is 29.8 Å². The van der Waals surface area contributed by atoms with Crippen LogP contribution in [0.4, 0.5) is 4.39 Å². The normalized spacial score (nSPS) is 12.5. The zero-order valence-electron chi connectivity index (χ0n) is 10.3. The van der Waals surface area contributed by atoms with Gasteiger partial charge >= 0.3 is 0 Å². The smallest absolute Gasteiger partial charge is 0.126 e. The third kappa shape index (κ3) is 3.15. The molecule has 1 atom stereocenters. The molecule has 100 valence electrons. The van der Waals surface area contributed by atoms with Crippen LogP contribution in [0.25, 0.3) is 0 Å². The Morgan fingerprint density at radius 1 is 1.21 bits per heavy atom. The SMILES string of the molecule is Cc1ccc(C(NN)c2ccc(Cl)c(Br)c2)cc1F. The van der Waals surface area contributed by atoms with Crippen molar-refractivity contribution < 1.29 is 4.39 Å². The number of nitrogens with two attached hydrogens (primary N) is 1. The summed E-state index contributed by atoms with van der Waals surface area (Å²) in [5, 5.41) is 0.620. The predicted molar refractivity (Wildman–Crippen MR) is 79.5 cm³/mol. The van der Waals surface area contributed by atoms with Crippen molar-refractivity contribution in [3.8, 4) is 0 Å². The highest BCUT2D eigenvalue weighted by Crippen LogP contribution is 2.29. The van der Waals surface area contributed by atoms with Crippen LogP contribution in [0.2, 0.25) is 5.02 Å². The molecule has 0 aliphatic rings. The summed E-state index contributed by atoms with van der Waals surface area (Å²) in [4.78, 5) is 0. The van der Waals surface area contributed by atoms with Gasteiger partial charge in [0.25, 0.3) is 0 Å². The van der Waals surface area contributed by atoms with Crippen LogP contribution in [-0.4, -0.2) is 0 Å². The Hall–Kier alpha value is -0.940. The maximum atomic E-state index is 13.6. The summed E-state index contributed by atoms with van der Waals surface area (Å²) in [7, 11) is 0. The van der Waals surface area contributed by atoms with Crippen molar-refractivity contribution in [3.63, 3.8) is 0 Å². The first kappa shape index (κ1) is 14.5. The monoisotopic (exact) mass is 342 g/mol. The Bertz CT molecular complexity index is 552. The van der Waals surface area contributed by atoms with Crippen molar-refractivity contribution in [1.82, 2.24) is 5.43 Å². The quantitative estimate of drug-likeness (QED) is 0.650. The van der Waals surface area contributed by atoms with Crippen LogP contribution >= 0.6 is 27.5 Å². The second-order valence-electron chi connectivity index (χ2n) is 4.28. The lowest BCUT2D eigenvalue weighted by atomic mass is 9.98. The van der Waals surface area contributed by atoms with Crippen LogP contribution in [-0.2, 0) is 0 Å². The maximum Gasteiger partial charge on any atom is 0.126 e. The number of halogens is 3. The molecule has 0 spiro atoms. The van der Waals surface area contributed by atoms with E-state index >= 15 is 0 Å². The number of hydrogen-bond acceptors (Lipinski definition) is 2. The van der Waals surface area contributed by atoms with E-state index in [1.807, 2.05) is 18.2 Å². The molecule has 2 aromatic carbocycles. The van der Waals surface area contributed by atoms with Crippen LogP contribution in [0.15, 0.2) is 40.9 Å². The Kier molecular flexibility index (Phi) is 4.58. The standard InChI is InChI=1S/C14H13BrClFN2/c1-8-2-3-10(7-13(8)17)14(19-18)9-4-5-12(16)11(15)6-9/h2-7,14,19H,18H2,1H3. The predicted octanol–water partition coefficient (Wildman–Crippen LogP) is 4.10. The number of nitrogens with one attached hydrogen (secondary N) is 1. The van der Waals surface area contributed by atoms with Gasteiger partial charge in [0.05, 0.1) is 11.1 Å². The molecule has 2 aromatic rings. The van der Waals surface area contributed by atoms with Crippen molar-refractivity contribution in [1.29, 1.82) is 0 Å². The molecule has 0 radical (unpaired) electrons. The summed E-state index contributed by atoms with van der Waals surface area (Å²) in [6.45, 7) is 1.73. The van der Waals surface area contributed by atoms with Gasteiger partial charge in [0, 0.05) is 4.47 Å². The summed E-state index contributed by atoms with van der Waals surface area (Å²) < 4.78 is 14.4. The Labute approximate surface area is 124 Å². The lowest BCUT2D eigenvalue weighted by Crippen LogP contribution is -2.29. The van der Waals surface area contributed by atoms with Crippen LogP contribution in [0.1, 0.15) is 22.7 Å². The number of hydrazine groups is 1. The van der Waals surface area contributed by atoms with Gasteiger partial charge in [-0.3, -0.25) is 5.84 Å². The first-order chi connectivity index (χ1) is 9.02. The van der Waals surface area contributed by atoms with E-state index < -0.39 is 0 Å². The van der Waals surface area contributed by atoms with Crippen LogP contribution in [0, 0.1) is 12.7 Å². The van der Waals surface area contributed by atoms with E-state index in [4.69, 9.17) is 17.4 Å². The summed E-state index contributed by atoms with van der Waals surface area (Å²) >= 11 is 9.33. The topological polar surface area (TPSA) is 38.0 Å². The van der Waals surface area contributed by atoms with E-state index in [1.54, 1.807) is 19.1 Å². The molecule has 0 aliphatic heterocycles. The fourth-order valence-electron chi connectivity index (χ4n) is 1.87. The molecule has 0 saturated heterocycles. The van der Waals surface area contributed by atoms with E-state index in [0.717, 1.165) is 15.6 Å². The largest absolute Gasteiger partial charge is 0.271 e. The van der Waals surface area contributed by atoms with Crippen LogP contribution < -0.4 is 11.3 Å². The molecular formula is C14H13BrClFN2. The molecule has 0 saturated carbocycles. The second kappa shape index (κ2) is 6.01. The molecule has 0 heterocycles. The average Bonchev–Trinajstić information content (AvgIpc) is 2.39. The third-order valence-corrected chi connectivity index (χ3v) is 4.19. The van der Waals surface area contributed by atoms with Crippen molar-refractivity contribution in [2.45, 2.75) is 13.0 Å². The fourth-order valence-corrected chi connectivity index (χ4v) is 2.38. The zero-order chi connectivity index (χ0) is 14.0. The van der Waals surface area contributed by atoms with E-state index in [-0.39, 0.29) is 11.9 Å². The Morgan fingerprint density at radius 3 is 2.42 bits per heavy atom. The summed E-state index contributed by atoms with van der Waals surface area (Å²) in [6.07, 6.45) is 0. The van der Waals surface area contributed by atoms with Gasteiger partial charge in [0.1, 0.15) is 5.82 Å². The van der Waals surface area contributed by atoms with Crippen molar-refractivity contribution in [3.05, 3.63) is 68.4 Å². The lowest BCUT2D eigenvalue weighted by molar-refractivity contribution is 0.599. The van der Waals surface area contributed by atoms with Gasteiger partial charge in [0.15, 0.2) is 0 Å². The van der Waals surface area contributed by atoms with Crippen molar-refractivity contribution in [2.24, 2.45) is 5.84 Å². The molecule has 0 aromatic heterocycles. The third-order valence-electron chi connectivity index (χ3n) is 2.97. The number of benzene rings is 2. The highest BCUT2D eigenvalue weighted by molar-refractivity contribution is 9.10. The molecule has 19 heavy (non-hydrogen) atoms. The average molecular weight is 344 g/mol. The Balaban J connectivity index is 2.43. The molecule has 1 unspecified atom stereocenters. The number of hydrogen-bond donors (Lipinski definition) is 2. The van der Waals surface area contributed by atoms with Gasteiger partial charge in [0.2, 0.25) is 0 Å². The highest BCUT2D eigenvalue weighted by atomic mass is 79.9. The van der Waals surface area contributed by atoms with Gasteiger partial charge in [-0.2, -0.15) is 0 Å². The molecule has 2 nitrogen and oxygen atoms in total. The fraction of sp³-hybridized carbons (Fsp3) is 0.143. The van der Waals surface area contributed by atoms with Crippen molar-refractivity contribution >= 4 is 27.5 Å². The molecule has 2 rings (SSSR count). The van der Waals surface area contributed by atoms with Gasteiger partial charge in [-0.25, -0.2) is 9.82 Å². The highest BCUT2D eigenvalue weighted by Gasteiger charge is 2.14. The first-order valence-electron chi connectivity index (χ1n) is 5.70. The first-order valence-corrected chi connectivity index (χ1v) is 6.87. The minimum atomic E-state index is -0.288. The van der Waals surface area contributed by atoms with E-state index in [0.29, 0.717) is 10.6 Å².